The van der Waals surface area contributed by atoms with Gasteiger partial charge in [-0.2, -0.15) is 0 Å². The van der Waals surface area contributed by atoms with Crippen LogP contribution in [0.2, 0.25) is 0 Å². The van der Waals surface area contributed by atoms with Gasteiger partial charge in [-0.3, -0.25) is 4.21 Å². The molecule has 2 unspecified atom stereocenters. The van der Waals surface area contributed by atoms with E-state index in [2.05, 4.69) is 13.8 Å². The van der Waals surface area contributed by atoms with Gasteiger partial charge < -0.3 is 10.5 Å². The van der Waals surface area contributed by atoms with Crippen LogP contribution < -0.4 is 5.73 Å². The molecule has 0 aliphatic heterocycles. The normalized spacial score (nSPS) is 16.4. The number of ether oxygens (including phenoxy) is 1. The molecular weight excluding hydrogens is 174 g/mol. The summed E-state index contributed by atoms with van der Waals surface area (Å²) in [5, 5.41) is 0. The smallest absolute Gasteiger partial charge is 0.0622 e. The molecule has 3 nitrogen and oxygen atoms in total. The summed E-state index contributed by atoms with van der Waals surface area (Å²) in [5.74, 6) is 1.75. The molecule has 0 bridgehead atoms. The highest BCUT2D eigenvalue weighted by Crippen LogP contribution is 1.97. The summed E-state index contributed by atoms with van der Waals surface area (Å²) in [6.45, 7) is 4.60. The van der Waals surface area contributed by atoms with Crippen molar-refractivity contribution in [3.05, 3.63) is 0 Å². The summed E-state index contributed by atoms with van der Waals surface area (Å²) in [6, 6.07) is -0.0883. The minimum absolute atomic E-state index is 0.0883. The van der Waals surface area contributed by atoms with Crippen molar-refractivity contribution in [3.8, 4) is 0 Å². The van der Waals surface area contributed by atoms with Gasteiger partial charge in [0.25, 0.3) is 0 Å². The molecule has 0 heterocycles. The van der Waals surface area contributed by atoms with Crippen molar-refractivity contribution < 1.29 is 8.95 Å². The summed E-state index contributed by atoms with van der Waals surface area (Å²) >= 11 is 0. The monoisotopic (exact) mass is 193 g/mol. The van der Waals surface area contributed by atoms with Crippen molar-refractivity contribution >= 4 is 10.8 Å². The fourth-order valence-corrected chi connectivity index (χ4v) is 2.39. The van der Waals surface area contributed by atoms with Crippen molar-refractivity contribution in [2.24, 2.45) is 11.7 Å². The predicted octanol–water partition coefficient (Wildman–Crippen LogP) is 0.365. The summed E-state index contributed by atoms with van der Waals surface area (Å²) in [7, 11) is 0.816. The van der Waals surface area contributed by atoms with E-state index in [1.807, 2.05) is 0 Å². The Morgan fingerprint density at radius 3 is 2.42 bits per heavy atom. The average molecular weight is 193 g/mol. The third-order valence-electron chi connectivity index (χ3n) is 1.30. The van der Waals surface area contributed by atoms with Gasteiger partial charge >= 0.3 is 0 Å². The van der Waals surface area contributed by atoms with Crippen LogP contribution in [0.1, 0.15) is 13.8 Å². The van der Waals surface area contributed by atoms with Crippen LogP contribution in [0, 0.1) is 5.92 Å². The zero-order chi connectivity index (χ0) is 9.56. The van der Waals surface area contributed by atoms with Crippen LogP contribution in [0.4, 0.5) is 0 Å². The van der Waals surface area contributed by atoms with Gasteiger partial charge in [-0.05, 0) is 5.92 Å². The molecule has 74 valence electrons. The van der Waals surface area contributed by atoms with Crippen LogP contribution in [-0.4, -0.2) is 35.5 Å². The Morgan fingerprint density at radius 2 is 2.00 bits per heavy atom. The molecule has 0 aromatic rings. The first kappa shape index (κ1) is 12.1. The molecule has 4 heteroatoms. The number of nitrogens with two attached hydrogens (primary N) is 1. The Kier molecular flexibility index (Phi) is 6.61. The van der Waals surface area contributed by atoms with Crippen molar-refractivity contribution in [2.75, 3.05) is 25.2 Å². The molecule has 0 amide bonds. The first-order valence-electron chi connectivity index (χ1n) is 4.15. The molecule has 2 N–H and O–H groups in total. The molecule has 0 aromatic carbocycles. The molecule has 0 rings (SSSR count). The maximum atomic E-state index is 11.3. The Hall–Kier alpha value is 0.0700. The van der Waals surface area contributed by atoms with Crippen molar-refractivity contribution in [1.29, 1.82) is 0 Å². The molecule has 0 spiro atoms. The van der Waals surface area contributed by atoms with Crippen LogP contribution in [0.3, 0.4) is 0 Å². The number of methoxy groups -OCH3 is 1. The lowest BCUT2D eigenvalue weighted by atomic mass is 10.3. The molecular formula is C8H19NO2S. The van der Waals surface area contributed by atoms with E-state index in [9.17, 15) is 4.21 Å². The quantitative estimate of drug-likeness (QED) is 0.663. The van der Waals surface area contributed by atoms with E-state index in [0.717, 1.165) is 5.75 Å². The molecule has 0 saturated heterocycles. The van der Waals surface area contributed by atoms with Gasteiger partial charge in [-0.15, -0.1) is 0 Å². The van der Waals surface area contributed by atoms with E-state index in [1.165, 1.54) is 0 Å². The summed E-state index contributed by atoms with van der Waals surface area (Å²) in [5.41, 5.74) is 5.64. The zero-order valence-electron chi connectivity index (χ0n) is 8.08. The van der Waals surface area contributed by atoms with Crippen LogP contribution in [0.25, 0.3) is 0 Å². The summed E-state index contributed by atoms with van der Waals surface area (Å²) < 4.78 is 16.2. The highest BCUT2D eigenvalue weighted by atomic mass is 32.2. The van der Waals surface area contributed by atoms with Gasteiger partial charge in [0.15, 0.2) is 0 Å². The molecule has 2 atom stereocenters. The predicted molar refractivity (Wildman–Crippen MR) is 52.6 cm³/mol. The molecule has 0 saturated carbocycles. The maximum Gasteiger partial charge on any atom is 0.0622 e. The lowest BCUT2D eigenvalue weighted by Gasteiger charge is -2.10. The van der Waals surface area contributed by atoms with Crippen molar-refractivity contribution in [1.82, 2.24) is 0 Å². The largest absolute Gasteiger partial charge is 0.383 e. The van der Waals surface area contributed by atoms with Crippen LogP contribution in [-0.2, 0) is 15.5 Å². The van der Waals surface area contributed by atoms with E-state index in [-0.39, 0.29) is 6.04 Å². The SMILES string of the molecule is COCC(N)CS(=O)CC(C)C. The van der Waals surface area contributed by atoms with E-state index in [0.29, 0.717) is 18.3 Å². The van der Waals surface area contributed by atoms with Crippen LogP contribution >= 0.6 is 0 Å². The minimum atomic E-state index is -0.787. The highest BCUT2D eigenvalue weighted by molar-refractivity contribution is 7.85. The van der Waals surface area contributed by atoms with Crippen molar-refractivity contribution in [2.45, 2.75) is 19.9 Å². The molecule has 0 radical (unpaired) electrons. The second-order valence-electron chi connectivity index (χ2n) is 3.38. The molecule has 12 heavy (non-hydrogen) atoms. The number of hydrogen-bond acceptors (Lipinski definition) is 3. The Bertz CT molecular complexity index is 139. The van der Waals surface area contributed by atoms with Crippen LogP contribution in [0.15, 0.2) is 0 Å². The average Bonchev–Trinajstić information content (AvgIpc) is 1.84. The Morgan fingerprint density at radius 1 is 1.42 bits per heavy atom. The standard InChI is InChI=1S/C8H19NO2S/c1-7(2)5-12(10)6-8(9)4-11-3/h7-8H,4-6,9H2,1-3H3. The fraction of sp³-hybridized carbons (Fsp3) is 1.00. The van der Waals surface area contributed by atoms with Gasteiger partial charge in [-0.25, -0.2) is 0 Å². The van der Waals surface area contributed by atoms with E-state index in [4.69, 9.17) is 10.5 Å². The number of rotatable bonds is 6. The third kappa shape index (κ3) is 6.76. The van der Waals surface area contributed by atoms with Crippen LogP contribution in [0.5, 0.6) is 0 Å². The second kappa shape index (κ2) is 6.57. The highest BCUT2D eigenvalue weighted by Gasteiger charge is 2.08. The van der Waals surface area contributed by atoms with Crippen molar-refractivity contribution in [3.63, 3.8) is 0 Å². The lowest BCUT2D eigenvalue weighted by molar-refractivity contribution is 0.186. The van der Waals surface area contributed by atoms with E-state index < -0.39 is 10.8 Å². The zero-order valence-corrected chi connectivity index (χ0v) is 8.89. The second-order valence-corrected chi connectivity index (χ2v) is 4.93. The molecule has 0 aliphatic carbocycles. The lowest BCUT2D eigenvalue weighted by Crippen LogP contribution is -2.32. The van der Waals surface area contributed by atoms with E-state index >= 15 is 0 Å². The molecule has 0 aliphatic rings. The van der Waals surface area contributed by atoms with Gasteiger partial charge in [-0.1, -0.05) is 13.8 Å². The van der Waals surface area contributed by atoms with Gasteiger partial charge in [0.05, 0.1) is 6.61 Å². The molecule has 0 aromatic heterocycles. The summed E-state index contributed by atoms with van der Waals surface area (Å²) in [6.07, 6.45) is 0. The first-order valence-corrected chi connectivity index (χ1v) is 5.64. The number of hydrogen-bond donors (Lipinski definition) is 1. The first-order chi connectivity index (χ1) is 5.56. The third-order valence-corrected chi connectivity index (χ3v) is 3.14. The van der Waals surface area contributed by atoms with Gasteiger partial charge in [0.1, 0.15) is 0 Å². The molecule has 0 fully saturated rings. The maximum absolute atomic E-state index is 11.3. The Balaban J connectivity index is 3.54. The topological polar surface area (TPSA) is 52.3 Å². The summed E-state index contributed by atoms with van der Waals surface area (Å²) in [4.78, 5) is 0. The van der Waals surface area contributed by atoms with Gasteiger partial charge in [0.2, 0.25) is 0 Å². The fourth-order valence-electron chi connectivity index (χ4n) is 0.941. The minimum Gasteiger partial charge on any atom is -0.383 e. The Labute approximate surface area is 77.1 Å². The van der Waals surface area contributed by atoms with Gasteiger partial charge in [0, 0.05) is 35.5 Å². The van der Waals surface area contributed by atoms with E-state index in [1.54, 1.807) is 7.11 Å².